The molecular weight excluding hydrogens is 278 g/mol. The zero-order chi connectivity index (χ0) is 15.8. The lowest BCUT2D eigenvalue weighted by Gasteiger charge is -2.26. The molecule has 0 radical (unpaired) electrons. The van der Waals surface area contributed by atoms with Crippen molar-refractivity contribution in [3.63, 3.8) is 0 Å². The van der Waals surface area contributed by atoms with E-state index in [0.717, 1.165) is 45.0 Å². The van der Waals surface area contributed by atoms with Crippen LogP contribution in [0.4, 0.5) is 5.69 Å². The van der Waals surface area contributed by atoms with Crippen LogP contribution in [0.25, 0.3) is 0 Å². The Kier molecular flexibility index (Phi) is 6.83. The van der Waals surface area contributed by atoms with Crippen LogP contribution in [0.5, 0.6) is 0 Å². The average molecular weight is 305 g/mol. The standard InChI is InChI=1S/C17H27N3O2/c1-14(18)2-7-17(21)19-16-5-3-15(4-6-16)8-9-20-10-12-22-13-11-20/h3-6,14H,2,7-13,18H2,1H3,(H,19,21). The Bertz CT molecular complexity index is 453. The van der Waals surface area contributed by atoms with E-state index in [4.69, 9.17) is 10.5 Å². The average Bonchev–Trinajstić information content (AvgIpc) is 2.53. The van der Waals surface area contributed by atoms with Crippen molar-refractivity contribution >= 4 is 11.6 Å². The largest absolute Gasteiger partial charge is 0.379 e. The van der Waals surface area contributed by atoms with E-state index in [2.05, 4.69) is 22.3 Å². The summed E-state index contributed by atoms with van der Waals surface area (Å²) >= 11 is 0. The summed E-state index contributed by atoms with van der Waals surface area (Å²) in [6, 6.07) is 8.17. The molecular formula is C17H27N3O2. The molecule has 0 bridgehead atoms. The first-order valence-electron chi connectivity index (χ1n) is 8.08. The van der Waals surface area contributed by atoms with Crippen LogP contribution in [0.15, 0.2) is 24.3 Å². The van der Waals surface area contributed by atoms with E-state index in [-0.39, 0.29) is 11.9 Å². The number of carbonyl (C=O) groups excluding carboxylic acids is 1. The van der Waals surface area contributed by atoms with Crippen molar-refractivity contribution in [1.82, 2.24) is 4.90 Å². The van der Waals surface area contributed by atoms with Gasteiger partial charge in [-0.25, -0.2) is 0 Å². The van der Waals surface area contributed by atoms with Crippen molar-refractivity contribution in [1.29, 1.82) is 0 Å². The number of carbonyl (C=O) groups is 1. The fraction of sp³-hybridized carbons (Fsp3) is 0.588. The molecule has 1 aromatic rings. The molecule has 1 aliphatic heterocycles. The summed E-state index contributed by atoms with van der Waals surface area (Å²) in [5.41, 5.74) is 7.80. The van der Waals surface area contributed by atoms with Gasteiger partial charge in [0.05, 0.1) is 13.2 Å². The maximum absolute atomic E-state index is 11.7. The summed E-state index contributed by atoms with van der Waals surface area (Å²) in [6.07, 6.45) is 2.21. The second-order valence-corrected chi connectivity index (χ2v) is 5.97. The highest BCUT2D eigenvalue weighted by Gasteiger charge is 2.10. The van der Waals surface area contributed by atoms with Crippen molar-refractivity contribution in [3.05, 3.63) is 29.8 Å². The summed E-state index contributed by atoms with van der Waals surface area (Å²) in [5, 5.41) is 2.91. The number of amides is 1. The van der Waals surface area contributed by atoms with Crippen LogP contribution in [0.3, 0.4) is 0 Å². The first-order chi connectivity index (χ1) is 10.6. The van der Waals surface area contributed by atoms with Gasteiger partial charge in [-0.2, -0.15) is 0 Å². The van der Waals surface area contributed by atoms with E-state index < -0.39 is 0 Å². The quantitative estimate of drug-likeness (QED) is 0.803. The van der Waals surface area contributed by atoms with Gasteiger partial charge in [0.15, 0.2) is 0 Å². The molecule has 5 heteroatoms. The maximum atomic E-state index is 11.7. The SMILES string of the molecule is CC(N)CCC(=O)Nc1ccc(CCN2CCOCC2)cc1. The van der Waals surface area contributed by atoms with Gasteiger partial charge in [0.1, 0.15) is 0 Å². The predicted octanol–water partition coefficient (Wildman–Crippen LogP) is 1.63. The fourth-order valence-corrected chi connectivity index (χ4v) is 2.45. The number of hydrogen-bond acceptors (Lipinski definition) is 4. The number of nitrogens with one attached hydrogen (secondary N) is 1. The number of nitrogens with zero attached hydrogens (tertiary/aromatic N) is 1. The van der Waals surface area contributed by atoms with Crippen molar-refractivity contribution in [2.24, 2.45) is 5.73 Å². The molecule has 0 aromatic heterocycles. The molecule has 1 unspecified atom stereocenters. The zero-order valence-corrected chi connectivity index (χ0v) is 13.4. The molecule has 0 aliphatic carbocycles. The first-order valence-corrected chi connectivity index (χ1v) is 8.08. The molecule has 1 fully saturated rings. The summed E-state index contributed by atoms with van der Waals surface area (Å²) < 4.78 is 5.35. The second-order valence-electron chi connectivity index (χ2n) is 5.97. The third-order valence-electron chi connectivity index (χ3n) is 3.88. The number of nitrogens with two attached hydrogens (primary N) is 1. The smallest absolute Gasteiger partial charge is 0.224 e. The van der Waals surface area contributed by atoms with E-state index in [1.54, 1.807) is 0 Å². The second kappa shape index (κ2) is 8.88. The highest BCUT2D eigenvalue weighted by Crippen LogP contribution is 2.12. The number of rotatable bonds is 7. The van der Waals surface area contributed by atoms with E-state index >= 15 is 0 Å². The molecule has 0 saturated carbocycles. The van der Waals surface area contributed by atoms with E-state index in [9.17, 15) is 4.79 Å². The number of hydrogen-bond donors (Lipinski definition) is 2. The summed E-state index contributed by atoms with van der Waals surface area (Å²) in [4.78, 5) is 14.2. The minimum absolute atomic E-state index is 0.0263. The Morgan fingerprint density at radius 3 is 2.64 bits per heavy atom. The van der Waals surface area contributed by atoms with Crippen LogP contribution < -0.4 is 11.1 Å². The number of morpholine rings is 1. The van der Waals surface area contributed by atoms with Gasteiger partial charge in [-0.3, -0.25) is 9.69 Å². The number of anilines is 1. The number of benzene rings is 1. The molecule has 1 atom stereocenters. The molecule has 1 heterocycles. The molecule has 122 valence electrons. The lowest BCUT2D eigenvalue weighted by Crippen LogP contribution is -2.37. The highest BCUT2D eigenvalue weighted by molar-refractivity contribution is 5.90. The highest BCUT2D eigenvalue weighted by atomic mass is 16.5. The molecule has 2 rings (SSSR count). The lowest BCUT2D eigenvalue weighted by molar-refractivity contribution is -0.116. The van der Waals surface area contributed by atoms with Crippen molar-refractivity contribution in [3.8, 4) is 0 Å². The van der Waals surface area contributed by atoms with Gasteiger partial charge in [0.2, 0.25) is 5.91 Å². The topological polar surface area (TPSA) is 67.6 Å². The van der Waals surface area contributed by atoms with Gasteiger partial charge < -0.3 is 15.8 Å². The van der Waals surface area contributed by atoms with Crippen LogP contribution in [-0.2, 0) is 16.0 Å². The summed E-state index contributed by atoms with van der Waals surface area (Å²) in [5.74, 6) is 0.0263. The third-order valence-corrected chi connectivity index (χ3v) is 3.88. The Labute approximate surface area is 132 Å². The van der Waals surface area contributed by atoms with E-state index in [1.165, 1.54) is 5.56 Å². The molecule has 1 amide bonds. The predicted molar refractivity (Wildman–Crippen MR) is 88.9 cm³/mol. The van der Waals surface area contributed by atoms with Gasteiger partial charge in [0, 0.05) is 37.8 Å². The third kappa shape index (κ3) is 6.13. The zero-order valence-electron chi connectivity index (χ0n) is 13.4. The van der Waals surface area contributed by atoms with Gasteiger partial charge in [-0.05, 0) is 37.5 Å². The molecule has 3 N–H and O–H groups in total. The lowest BCUT2D eigenvalue weighted by atomic mass is 10.1. The Morgan fingerprint density at radius 2 is 2.00 bits per heavy atom. The van der Waals surface area contributed by atoms with Crippen LogP contribution in [0.2, 0.25) is 0 Å². The molecule has 1 aromatic carbocycles. The Morgan fingerprint density at radius 1 is 1.32 bits per heavy atom. The van der Waals surface area contributed by atoms with Crippen LogP contribution in [0.1, 0.15) is 25.3 Å². The molecule has 1 aliphatic rings. The fourth-order valence-electron chi connectivity index (χ4n) is 2.45. The summed E-state index contributed by atoms with van der Waals surface area (Å²) in [6.45, 7) is 6.69. The van der Waals surface area contributed by atoms with Crippen LogP contribution in [-0.4, -0.2) is 49.7 Å². The first kappa shape index (κ1) is 16.9. The van der Waals surface area contributed by atoms with Gasteiger partial charge >= 0.3 is 0 Å². The maximum Gasteiger partial charge on any atom is 0.224 e. The van der Waals surface area contributed by atoms with Crippen LogP contribution >= 0.6 is 0 Å². The van der Waals surface area contributed by atoms with Crippen molar-refractivity contribution in [2.45, 2.75) is 32.2 Å². The monoisotopic (exact) mass is 305 g/mol. The normalized spacial score (nSPS) is 17.2. The molecule has 22 heavy (non-hydrogen) atoms. The van der Waals surface area contributed by atoms with Gasteiger partial charge in [0.25, 0.3) is 0 Å². The summed E-state index contributed by atoms with van der Waals surface area (Å²) in [7, 11) is 0. The van der Waals surface area contributed by atoms with E-state index in [1.807, 2.05) is 19.1 Å². The number of ether oxygens (including phenoxy) is 1. The Balaban J connectivity index is 1.73. The van der Waals surface area contributed by atoms with Crippen molar-refractivity contribution < 1.29 is 9.53 Å². The molecule has 1 saturated heterocycles. The molecule has 0 spiro atoms. The van der Waals surface area contributed by atoms with Gasteiger partial charge in [-0.1, -0.05) is 12.1 Å². The Hall–Kier alpha value is -1.43. The molecule has 5 nitrogen and oxygen atoms in total. The van der Waals surface area contributed by atoms with E-state index in [0.29, 0.717) is 12.8 Å². The van der Waals surface area contributed by atoms with Crippen LogP contribution in [0, 0.1) is 0 Å². The minimum atomic E-state index is 0.0263. The van der Waals surface area contributed by atoms with Gasteiger partial charge in [-0.15, -0.1) is 0 Å². The minimum Gasteiger partial charge on any atom is -0.379 e. The van der Waals surface area contributed by atoms with Crippen molar-refractivity contribution in [2.75, 3.05) is 38.2 Å².